The predicted molar refractivity (Wildman–Crippen MR) is 66.2 cm³/mol. The van der Waals surface area contributed by atoms with E-state index in [9.17, 15) is 0 Å². The van der Waals surface area contributed by atoms with Crippen molar-refractivity contribution >= 4 is 23.2 Å². The van der Waals surface area contributed by atoms with Crippen molar-refractivity contribution in [3.8, 4) is 11.5 Å². The zero-order valence-corrected chi connectivity index (χ0v) is 15.0. The molecule has 0 radical (unpaired) electrons. The molecule has 2 nitrogen and oxygen atoms in total. The molecule has 2 N–H and O–H groups in total. The molecule has 0 saturated carbocycles. The second-order valence-electron chi connectivity index (χ2n) is 2.95. The number of rotatable bonds is 0. The second-order valence-corrected chi connectivity index (χ2v) is 3.83. The summed E-state index contributed by atoms with van der Waals surface area (Å²) in [5.41, 5.74) is 0. The summed E-state index contributed by atoms with van der Waals surface area (Å²) in [5, 5.41) is 18.7. The fraction of sp³-hybridized carbons (Fsp3) is 0. The SMILES string of the molecule is Oc1ccc(Cl)cc1.Oc1ccc(Cl)cc1.[Cl-].[Cl-].[Zr+2]. The van der Waals surface area contributed by atoms with Crippen molar-refractivity contribution in [3.63, 3.8) is 0 Å². The smallest absolute Gasteiger partial charge is 1.00 e. The Morgan fingerprint density at radius 1 is 0.579 bits per heavy atom. The summed E-state index contributed by atoms with van der Waals surface area (Å²) >= 11 is 11.0. The van der Waals surface area contributed by atoms with Gasteiger partial charge in [0.15, 0.2) is 0 Å². The molecular weight excluding hydrogens is 409 g/mol. The summed E-state index contributed by atoms with van der Waals surface area (Å²) < 4.78 is 0. The minimum atomic E-state index is 0. The molecule has 0 fully saturated rings. The molecule has 0 amide bonds. The molecule has 2 rings (SSSR count). The number of hydrogen-bond acceptors (Lipinski definition) is 2. The van der Waals surface area contributed by atoms with Crippen molar-refractivity contribution in [2.24, 2.45) is 0 Å². The first-order valence-corrected chi connectivity index (χ1v) is 5.22. The van der Waals surface area contributed by atoms with Gasteiger partial charge in [0.25, 0.3) is 0 Å². The predicted octanol–water partition coefficient (Wildman–Crippen LogP) is -1.90. The van der Waals surface area contributed by atoms with Crippen LogP contribution in [-0.2, 0) is 26.2 Å². The van der Waals surface area contributed by atoms with Crippen LogP contribution < -0.4 is 24.8 Å². The maximum absolute atomic E-state index is 8.70. The summed E-state index contributed by atoms with van der Waals surface area (Å²) in [7, 11) is 0. The molecule has 0 heterocycles. The Bertz CT molecular complexity index is 349. The molecule has 0 unspecified atom stereocenters. The molecule has 0 spiro atoms. The Kier molecular flexibility index (Phi) is 16.6. The number of halogens is 4. The first-order chi connectivity index (χ1) is 7.58. The molecule has 0 aromatic heterocycles. The molecule has 0 aliphatic carbocycles. The van der Waals surface area contributed by atoms with Gasteiger partial charge in [-0.2, -0.15) is 0 Å². The molecule has 0 bridgehead atoms. The fourth-order valence-electron chi connectivity index (χ4n) is 0.882. The first-order valence-electron chi connectivity index (χ1n) is 4.47. The Labute approximate surface area is 153 Å². The zero-order valence-electron chi connectivity index (χ0n) is 9.53. The van der Waals surface area contributed by atoms with Gasteiger partial charge in [-0.3, -0.25) is 0 Å². The molecule has 19 heavy (non-hydrogen) atoms. The van der Waals surface area contributed by atoms with E-state index < -0.39 is 0 Å². The maximum Gasteiger partial charge on any atom is 2.00 e. The standard InChI is InChI=1S/2C6H5ClO.2ClH.Zr/c2*7-5-1-3-6(8)4-2-5;;;/h2*1-4,8H;2*1H;/q;;;;+2/p-2. The van der Waals surface area contributed by atoms with Crippen molar-refractivity contribution in [3.05, 3.63) is 58.6 Å². The Morgan fingerprint density at radius 2 is 0.789 bits per heavy atom. The number of benzene rings is 2. The summed E-state index contributed by atoms with van der Waals surface area (Å²) in [6.45, 7) is 0. The van der Waals surface area contributed by atoms with Crippen LogP contribution in [0.3, 0.4) is 0 Å². The Balaban J connectivity index is -0.000000233. The van der Waals surface area contributed by atoms with Crippen LogP contribution in [0.2, 0.25) is 10.0 Å². The minimum Gasteiger partial charge on any atom is -1.00 e. The van der Waals surface area contributed by atoms with E-state index in [1.54, 1.807) is 48.5 Å². The van der Waals surface area contributed by atoms with Crippen LogP contribution in [0.1, 0.15) is 0 Å². The molecular formula is C12H10Cl4O2Zr. The third-order valence-corrected chi connectivity index (χ3v) is 2.16. The molecule has 2 aromatic carbocycles. The average Bonchev–Trinajstić information content (AvgIpc) is 2.28. The molecule has 0 aliphatic rings. The van der Waals surface area contributed by atoms with Crippen molar-refractivity contribution < 1.29 is 61.2 Å². The molecule has 102 valence electrons. The van der Waals surface area contributed by atoms with Gasteiger partial charge in [-0.15, -0.1) is 0 Å². The monoisotopic (exact) mass is 416 g/mol. The number of phenols is 2. The van der Waals surface area contributed by atoms with Crippen LogP contribution in [-0.4, -0.2) is 10.2 Å². The third-order valence-electron chi connectivity index (χ3n) is 1.65. The second kappa shape index (κ2) is 13.1. The zero-order chi connectivity index (χ0) is 12.0. The number of aromatic hydroxyl groups is 2. The van der Waals surface area contributed by atoms with Gasteiger partial charge in [-0.05, 0) is 48.5 Å². The topological polar surface area (TPSA) is 40.5 Å². The molecule has 2 aromatic rings. The van der Waals surface area contributed by atoms with Gasteiger partial charge in [0.2, 0.25) is 0 Å². The van der Waals surface area contributed by atoms with E-state index in [1.807, 2.05) is 0 Å². The van der Waals surface area contributed by atoms with Crippen LogP contribution in [0.4, 0.5) is 0 Å². The van der Waals surface area contributed by atoms with Crippen molar-refractivity contribution in [1.29, 1.82) is 0 Å². The van der Waals surface area contributed by atoms with E-state index in [2.05, 4.69) is 0 Å². The summed E-state index contributed by atoms with van der Waals surface area (Å²) in [6.07, 6.45) is 0. The van der Waals surface area contributed by atoms with Gasteiger partial charge < -0.3 is 35.0 Å². The van der Waals surface area contributed by atoms with Gasteiger partial charge in [-0.25, -0.2) is 0 Å². The molecule has 0 aliphatic heterocycles. The Morgan fingerprint density at radius 3 is 0.947 bits per heavy atom. The number of phenolic OH excluding ortho intramolecular Hbond substituents is 2. The quantitative estimate of drug-likeness (QED) is 0.524. The van der Waals surface area contributed by atoms with Crippen molar-refractivity contribution in [2.75, 3.05) is 0 Å². The van der Waals surface area contributed by atoms with E-state index in [1.165, 1.54) is 0 Å². The van der Waals surface area contributed by atoms with E-state index >= 15 is 0 Å². The van der Waals surface area contributed by atoms with E-state index in [4.69, 9.17) is 33.4 Å². The minimum absolute atomic E-state index is 0. The van der Waals surface area contributed by atoms with Crippen LogP contribution >= 0.6 is 23.2 Å². The van der Waals surface area contributed by atoms with E-state index in [-0.39, 0.29) is 62.5 Å². The van der Waals surface area contributed by atoms with E-state index in [0.29, 0.717) is 10.0 Å². The molecule has 0 saturated heterocycles. The fourth-order valence-corrected chi connectivity index (χ4v) is 1.13. The summed E-state index contributed by atoms with van der Waals surface area (Å²) in [4.78, 5) is 0. The molecule has 0 atom stereocenters. The van der Waals surface area contributed by atoms with Crippen molar-refractivity contribution in [1.82, 2.24) is 0 Å². The van der Waals surface area contributed by atoms with Gasteiger partial charge in [0.05, 0.1) is 0 Å². The molecule has 7 heteroatoms. The van der Waals surface area contributed by atoms with Gasteiger partial charge >= 0.3 is 26.2 Å². The van der Waals surface area contributed by atoms with Crippen molar-refractivity contribution in [2.45, 2.75) is 0 Å². The summed E-state index contributed by atoms with van der Waals surface area (Å²) in [5.74, 6) is 0.490. The number of hydrogen-bond donors (Lipinski definition) is 2. The van der Waals surface area contributed by atoms with Crippen LogP contribution in [0.5, 0.6) is 11.5 Å². The normalized spacial score (nSPS) is 7.68. The first kappa shape index (κ1) is 24.1. The maximum atomic E-state index is 8.70. The average molecular weight is 419 g/mol. The third kappa shape index (κ3) is 11.6. The van der Waals surface area contributed by atoms with Crippen LogP contribution in [0.25, 0.3) is 0 Å². The largest absolute Gasteiger partial charge is 2.00 e. The van der Waals surface area contributed by atoms with E-state index in [0.717, 1.165) is 0 Å². The van der Waals surface area contributed by atoms with Crippen LogP contribution in [0, 0.1) is 0 Å². The Hall–Kier alpha value is 0.0831. The van der Waals surface area contributed by atoms with Gasteiger partial charge in [0.1, 0.15) is 11.5 Å². The van der Waals surface area contributed by atoms with Gasteiger partial charge in [0, 0.05) is 10.0 Å². The summed E-state index contributed by atoms with van der Waals surface area (Å²) in [6, 6.07) is 12.7. The van der Waals surface area contributed by atoms with Crippen LogP contribution in [0.15, 0.2) is 48.5 Å². The van der Waals surface area contributed by atoms with Gasteiger partial charge in [-0.1, -0.05) is 23.2 Å².